The molecule has 6 rings (SSSR count). The molecule has 0 aliphatic carbocycles. The Morgan fingerprint density at radius 2 is 0.700 bits per heavy atom. The Hall–Kier alpha value is -4.57. The van der Waals surface area contributed by atoms with E-state index in [9.17, 15) is 36.0 Å². The number of carbonyl (C=O) groups excluding carboxylic acids is 3. The Morgan fingerprint density at radius 1 is 0.450 bits per heavy atom. The van der Waals surface area contributed by atoms with E-state index in [0.29, 0.717) is 16.7 Å². The highest BCUT2D eigenvalue weighted by molar-refractivity contribution is 8.33. The van der Waals surface area contributed by atoms with Crippen molar-refractivity contribution in [3.05, 3.63) is 161 Å². The number of alkyl halides is 3. The highest BCUT2D eigenvalue weighted by Crippen LogP contribution is 2.71. The van der Waals surface area contributed by atoms with Crippen LogP contribution >= 0.6 is 45.6 Å². The summed E-state index contributed by atoms with van der Waals surface area (Å²) in [7, 11) is -9.84. The van der Waals surface area contributed by atoms with Crippen LogP contribution in [0.2, 0.25) is 0 Å². The number of aryl methyl sites for hydroxylation is 3. The Kier molecular flexibility index (Phi) is 13.6. The van der Waals surface area contributed by atoms with Crippen molar-refractivity contribution in [1.82, 2.24) is 0 Å². The van der Waals surface area contributed by atoms with Crippen molar-refractivity contribution in [2.45, 2.75) is 91.1 Å². The summed E-state index contributed by atoms with van der Waals surface area (Å²) in [6, 6.07) is 36.0. The summed E-state index contributed by atoms with van der Waals surface area (Å²) >= 11 is 4.14. The molecule has 0 heterocycles. The van der Waals surface area contributed by atoms with Gasteiger partial charge in [-0.05, 0) is 178 Å². The topological polar surface area (TPSA) is 94.6 Å². The molecule has 0 spiro atoms. The highest BCUT2D eigenvalue weighted by atomic mass is 32.3. The van der Waals surface area contributed by atoms with Crippen LogP contribution in [0.4, 0.5) is 13.2 Å². The number of hydrogen-bond acceptors (Lipinski definition) is 9. The van der Waals surface area contributed by atoms with Gasteiger partial charge < -0.3 is 0 Å². The highest BCUT2D eigenvalue weighted by Gasteiger charge is 2.52. The average Bonchev–Trinajstić information content (AvgIpc) is 3.17. The molecule has 6 aromatic rings. The predicted octanol–water partition coefficient (Wildman–Crippen LogP) is 13.7. The van der Waals surface area contributed by atoms with Gasteiger partial charge in [0, 0.05) is 60.7 Å². The third-order valence-electron chi connectivity index (χ3n) is 9.38. The van der Waals surface area contributed by atoms with E-state index in [1.807, 2.05) is 57.2 Å². The van der Waals surface area contributed by atoms with Crippen molar-refractivity contribution < 1.29 is 39.6 Å². The SMILES string of the molecule is CC(=O)c1ccc(Sc2ccc(S(OS(=O)(=O)C(F)(F)F)(c3ccc(Sc4ccc(C(C)=O)c(C)c4)cc3)c3ccc(Sc4ccc(C(C)=O)c(C)c4)cc3)cc2)cc1C. The molecule has 0 aliphatic heterocycles. The third kappa shape index (κ3) is 9.96. The lowest BCUT2D eigenvalue weighted by atomic mass is 10.1. The molecule has 0 aromatic heterocycles. The molecule has 0 saturated heterocycles. The summed E-state index contributed by atoms with van der Waals surface area (Å²) in [6.45, 7) is 10.00. The first-order valence-electron chi connectivity index (χ1n) is 18.3. The summed E-state index contributed by atoms with van der Waals surface area (Å²) in [5, 5.41) is 0. The Morgan fingerprint density at radius 3 is 0.917 bits per heavy atom. The lowest BCUT2D eigenvalue weighted by molar-refractivity contribution is -0.0496. The molecule has 60 heavy (non-hydrogen) atoms. The lowest BCUT2D eigenvalue weighted by Crippen LogP contribution is -2.27. The first-order valence-corrected chi connectivity index (χ1v) is 23.7. The molecule has 0 atom stereocenters. The molecular weight excluding hydrogens is 866 g/mol. The second-order valence-electron chi connectivity index (χ2n) is 13.8. The van der Waals surface area contributed by atoms with E-state index in [0.717, 1.165) is 46.1 Å². The van der Waals surface area contributed by atoms with E-state index in [2.05, 4.69) is 0 Å². The normalized spacial score (nSPS) is 12.3. The number of halogens is 3. The fraction of sp³-hybridized carbons (Fsp3) is 0.152. The summed E-state index contributed by atoms with van der Waals surface area (Å²) in [5.74, 6) is -0.176. The van der Waals surface area contributed by atoms with Gasteiger partial charge in [0.15, 0.2) is 17.3 Å². The summed E-state index contributed by atoms with van der Waals surface area (Å²) in [6.07, 6.45) is 0. The van der Waals surface area contributed by atoms with Gasteiger partial charge >= 0.3 is 15.6 Å². The molecule has 0 aliphatic rings. The van der Waals surface area contributed by atoms with Gasteiger partial charge in [-0.3, -0.25) is 14.4 Å². The molecule has 0 bridgehead atoms. The van der Waals surface area contributed by atoms with Crippen LogP contribution in [0.3, 0.4) is 0 Å². The zero-order valence-corrected chi connectivity index (χ0v) is 37.3. The van der Waals surface area contributed by atoms with Crippen LogP contribution in [0, 0.1) is 20.8 Å². The van der Waals surface area contributed by atoms with Crippen LogP contribution in [0.1, 0.15) is 68.5 Å². The van der Waals surface area contributed by atoms with Crippen molar-refractivity contribution in [1.29, 1.82) is 0 Å². The number of hydrogen-bond donors (Lipinski definition) is 0. The standard InChI is InChI=1S/C46H39F3O6S5/c1-28-25-37(13-22-43(28)31(4)50)56-34-7-16-40(17-8-34)59(55-60(53,54)46(47,48)49,41-18-9-35(10-19-41)57-38-14-23-44(32(5)51)29(2)26-38)42-20-11-36(12-21-42)58-39-15-24-45(33(6)52)30(3)27-39/h7-27H,1-6H3. The molecule has 0 radical (unpaired) electrons. The van der Waals surface area contributed by atoms with E-state index in [4.69, 9.17) is 3.63 Å². The Labute approximate surface area is 362 Å². The molecule has 0 N–H and O–H groups in total. The fourth-order valence-electron chi connectivity index (χ4n) is 6.49. The number of Topliss-reactive ketones (excluding diaryl/α,β-unsaturated/α-hetero) is 3. The zero-order valence-electron chi connectivity index (χ0n) is 33.2. The fourth-order valence-corrected chi connectivity index (χ4v) is 13.9. The van der Waals surface area contributed by atoms with Crippen LogP contribution in [0.15, 0.2) is 171 Å². The van der Waals surface area contributed by atoms with Gasteiger partial charge in [-0.1, -0.05) is 53.5 Å². The smallest absolute Gasteiger partial charge is 0.295 e. The molecule has 14 heteroatoms. The average molecular weight is 905 g/mol. The van der Waals surface area contributed by atoms with E-state index in [1.165, 1.54) is 56.1 Å². The van der Waals surface area contributed by atoms with Gasteiger partial charge in [-0.15, -0.1) is 0 Å². The molecule has 0 saturated carbocycles. The molecule has 0 amide bonds. The van der Waals surface area contributed by atoms with Crippen molar-refractivity contribution >= 4 is 73.1 Å². The Balaban J connectivity index is 1.46. The Bertz CT molecular complexity index is 2450. The van der Waals surface area contributed by atoms with E-state index in [1.54, 1.807) is 91.0 Å². The molecule has 0 unspecified atom stereocenters. The summed E-state index contributed by atoms with van der Waals surface area (Å²) in [4.78, 5) is 41.3. The summed E-state index contributed by atoms with van der Waals surface area (Å²) in [5.41, 5.74) is -1.54. The van der Waals surface area contributed by atoms with Gasteiger partial charge in [0.25, 0.3) is 0 Å². The van der Waals surface area contributed by atoms with Crippen LogP contribution in [0.5, 0.6) is 0 Å². The van der Waals surface area contributed by atoms with Crippen molar-refractivity contribution in [2.24, 2.45) is 0 Å². The number of rotatable bonds is 14. The minimum absolute atomic E-state index is 0.0587. The third-order valence-corrected chi connectivity index (χ3v) is 17.3. The monoisotopic (exact) mass is 904 g/mol. The van der Waals surface area contributed by atoms with Gasteiger partial charge in [0.1, 0.15) is 0 Å². The van der Waals surface area contributed by atoms with Crippen molar-refractivity contribution in [3.63, 3.8) is 0 Å². The quantitative estimate of drug-likeness (QED) is 0.0782. The van der Waals surface area contributed by atoms with Gasteiger partial charge in [0.05, 0.1) is 0 Å². The van der Waals surface area contributed by atoms with Crippen molar-refractivity contribution in [2.75, 3.05) is 0 Å². The molecule has 0 fully saturated rings. The second kappa shape index (κ2) is 18.2. The molecule has 6 nitrogen and oxygen atoms in total. The van der Waals surface area contributed by atoms with Gasteiger partial charge in [-0.2, -0.15) is 25.2 Å². The van der Waals surface area contributed by atoms with E-state index < -0.39 is 25.9 Å². The second-order valence-corrected chi connectivity index (χ2v) is 21.7. The van der Waals surface area contributed by atoms with E-state index >= 15 is 0 Å². The number of ketones is 3. The van der Waals surface area contributed by atoms with E-state index in [-0.39, 0.29) is 32.0 Å². The van der Waals surface area contributed by atoms with Crippen LogP contribution in [0.25, 0.3) is 0 Å². The largest absolute Gasteiger partial charge is 0.524 e. The first kappa shape index (κ1) is 45.0. The van der Waals surface area contributed by atoms with Crippen LogP contribution in [-0.4, -0.2) is 31.3 Å². The zero-order chi connectivity index (χ0) is 43.6. The van der Waals surface area contributed by atoms with Gasteiger partial charge in [0.2, 0.25) is 0 Å². The predicted molar refractivity (Wildman–Crippen MR) is 234 cm³/mol. The summed E-state index contributed by atoms with van der Waals surface area (Å²) < 4.78 is 75.2. The lowest BCUT2D eigenvalue weighted by Gasteiger charge is -2.39. The van der Waals surface area contributed by atoms with Gasteiger partial charge in [-0.25, -0.2) is 0 Å². The minimum Gasteiger partial charge on any atom is -0.295 e. The molecule has 310 valence electrons. The van der Waals surface area contributed by atoms with Crippen LogP contribution < -0.4 is 0 Å². The maximum atomic E-state index is 14.4. The molecular formula is C46H39F3O6S5. The first-order chi connectivity index (χ1) is 28.3. The van der Waals surface area contributed by atoms with Crippen LogP contribution in [-0.2, 0) is 13.7 Å². The maximum absolute atomic E-state index is 14.4. The minimum atomic E-state index is -6.18. The van der Waals surface area contributed by atoms with Crippen molar-refractivity contribution in [3.8, 4) is 0 Å². The maximum Gasteiger partial charge on any atom is 0.524 e. The number of benzene rings is 6. The molecule has 6 aromatic carbocycles. The number of carbonyl (C=O) groups is 3.